The topological polar surface area (TPSA) is 131 Å². The Morgan fingerprint density at radius 1 is 1.33 bits per heavy atom. The Balaban J connectivity index is 1.71. The van der Waals surface area contributed by atoms with Crippen molar-refractivity contribution in [3.8, 4) is 5.88 Å². The van der Waals surface area contributed by atoms with Gasteiger partial charge in [-0.1, -0.05) is 23.4 Å². The van der Waals surface area contributed by atoms with E-state index in [1.165, 1.54) is 0 Å². The van der Waals surface area contributed by atoms with Crippen molar-refractivity contribution in [3.63, 3.8) is 0 Å². The average molecular weight is 539 g/mol. The molecule has 0 bridgehead atoms. The lowest BCUT2D eigenvalue weighted by Crippen LogP contribution is -2.29. The van der Waals surface area contributed by atoms with Crippen molar-refractivity contribution in [2.75, 3.05) is 24.7 Å². The molecule has 3 aromatic heterocycles. The van der Waals surface area contributed by atoms with E-state index in [2.05, 4.69) is 30.6 Å². The van der Waals surface area contributed by atoms with E-state index in [1.807, 2.05) is 19.9 Å². The summed E-state index contributed by atoms with van der Waals surface area (Å²) in [4.78, 5) is 39.6. The number of nitrogens with one attached hydrogen (secondary N) is 3. The zero-order chi connectivity index (χ0) is 26.6. The standard InChI is InChI=1S/C23H28ClFN6O4S/c1-11-9-13(18(27-10-11)30-22(33)35-23(3,4)5)12(2)26-7-8-34-20-14-16(15(25)17(24)29-20)28-21(36-6)31-19(14)32/h9-10,12,26H,7-8H2,1-6H3,(H,27,30,33)(H,28,31,32). The van der Waals surface area contributed by atoms with Crippen LogP contribution >= 0.6 is 23.4 Å². The van der Waals surface area contributed by atoms with Gasteiger partial charge in [0.05, 0.1) is 0 Å². The van der Waals surface area contributed by atoms with E-state index in [1.54, 1.807) is 33.2 Å². The van der Waals surface area contributed by atoms with Crippen LogP contribution < -0.4 is 20.9 Å². The van der Waals surface area contributed by atoms with Crippen molar-refractivity contribution in [1.29, 1.82) is 0 Å². The van der Waals surface area contributed by atoms with Gasteiger partial charge in [0.2, 0.25) is 5.88 Å². The fourth-order valence-electron chi connectivity index (χ4n) is 3.26. The molecule has 3 heterocycles. The third-order valence-corrected chi connectivity index (χ3v) is 5.66. The molecule has 36 heavy (non-hydrogen) atoms. The van der Waals surface area contributed by atoms with E-state index >= 15 is 0 Å². The molecule has 3 aromatic rings. The molecule has 0 aliphatic heterocycles. The number of halogens is 2. The third-order valence-electron chi connectivity index (χ3n) is 4.82. The lowest BCUT2D eigenvalue weighted by atomic mass is 10.1. The Bertz CT molecular complexity index is 1330. The maximum atomic E-state index is 14.5. The summed E-state index contributed by atoms with van der Waals surface area (Å²) in [6.45, 7) is 9.54. The van der Waals surface area contributed by atoms with Gasteiger partial charge in [0.15, 0.2) is 16.1 Å². The number of aromatic amines is 1. The van der Waals surface area contributed by atoms with Gasteiger partial charge in [-0.15, -0.1) is 0 Å². The summed E-state index contributed by atoms with van der Waals surface area (Å²) >= 11 is 7.07. The zero-order valence-corrected chi connectivity index (χ0v) is 22.4. The molecule has 0 aromatic carbocycles. The van der Waals surface area contributed by atoms with E-state index in [4.69, 9.17) is 21.1 Å². The van der Waals surface area contributed by atoms with Crippen molar-refractivity contribution in [2.45, 2.75) is 51.4 Å². The predicted octanol–water partition coefficient (Wildman–Crippen LogP) is 4.61. The molecule has 1 unspecified atom stereocenters. The molecule has 3 rings (SSSR count). The number of carbonyl (C=O) groups excluding carboxylic acids is 1. The van der Waals surface area contributed by atoms with Crippen molar-refractivity contribution in [1.82, 2.24) is 25.3 Å². The number of aromatic nitrogens is 4. The molecule has 0 fully saturated rings. The fraction of sp³-hybridized carbons (Fsp3) is 0.435. The predicted molar refractivity (Wildman–Crippen MR) is 138 cm³/mol. The SMILES string of the molecule is CSc1nc2c(F)c(Cl)nc(OCCNC(C)c3cc(C)cnc3NC(=O)OC(C)(C)C)c2c(=O)[nH]1. The molecular formula is C23H28ClFN6O4S. The van der Waals surface area contributed by atoms with Crippen LogP contribution in [0.3, 0.4) is 0 Å². The highest BCUT2D eigenvalue weighted by Gasteiger charge is 2.21. The number of thioether (sulfide) groups is 1. The van der Waals surface area contributed by atoms with Gasteiger partial charge >= 0.3 is 6.09 Å². The summed E-state index contributed by atoms with van der Waals surface area (Å²) in [5.74, 6) is -0.628. The monoisotopic (exact) mass is 538 g/mol. The van der Waals surface area contributed by atoms with E-state index in [-0.39, 0.29) is 34.6 Å². The van der Waals surface area contributed by atoms with Crippen molar-refractivity contribution in [2.24, 2.45) is 0 Å². The van der Waals surface area contributed by atoms with Gasteiger partial charge in [0.25, 0.3) is 5.56 Å². The van der Waals surface area contributed by atoms with Crippen LogP contribution in [0, 0.1) is 12.7 Å². The highest BCUT2D eigenvalue weighted by Crippen LogP contribution is 2.27. The largest absolute Gasteiger partial charge is 0.476 e. The van der Waals surface area contributed by atoms with Crippen molar-refractivity contribution < 1.29 is 18.7 Å². The smallest absolute Gasteiger partial charge is 0.413 e. The molecular weight excluding hydrogens is 511 g/mol. The number of anilines is 1. The lowest BCUT2D eigenvalue weighted by Gasteiger charge is -2.22. The molecule has 1 atom stereocenters. The van der Waals surface area contributed by atoms with Gasteiger partial charge < -0.3 is 19.8 Å². The maximum Gasteiger partial charge on any atom is 0.413 e. The van der Waals surface area contributed by atoms with Crippen LogP contribution in [0.1, 0.15) is 44.9 Å². The summed E-state index contributed by atoms with van der Waals surface area (Å²) in [7, 11) is 0. The molecule has 1 amide bonds. The minimum atomic E-state index is -0.885. The van der Waals surface area contributed by atoms with Gasteiger partial charge in [0.1, 0.15) is 28.9 Å². The Morgan fingerprint density at radius 2 is 2.06 bits per heavy atom. The summed E-state index contributed by atoms with van der Waals surface area (Å²) < 4.78 is 25.5. The molecule has 0 aliphatic rings. The molecule has 0 spiro atoms. The molecule has 13 heteroatoms. The normalized spacial score (nSPS) is 12.4. The first-order chi connectivity index (χ1) is 16.9. The van der Waals surface area contributed by atoms with E-state index in [0.29, 0.717) is 12.4 Å². The summed E-state index contributed by atoms with van der Waals surface area (Å²) in [5, 5.41) is 5.65. The van der Waals surface area contributed by atoms with Crippen LogP contribution in [-0.4, -0.2) is 51.0 Å². The second kappa shape index (κ2) is 11.4. The van der Waals surface area contributed by atoms with Crippen LogP contribution in [0.4, 0.5) is 15.0 Å². The quantitative estimate of drug-likeness (QED) is 0.163. The minimum Gasteiger partial charge on any atom is -0.476 e. The maximum absolute atomic E-state index is 14.5. The van der Waals surface area contributed by atoms with Gasteiger partial charge in [0, 0.05) is 24.3 Å². The van der Waals surface area contributed by atoms with Gasteiger partial charge in [-0.3, -0.25) is 10.1 Å². The number of carbonyl (C=O) groups is 1. The Morgan fingerprint density at radius 3 is 2.72 bits per heavy atom. The molecule has 0 saturated carbocycles. The van der Waals surface area contributed by atoms with E-state index < -0.39 is 28.2 Å². The number of H-pyrrole nitrogens is 1. The van der Waals surface area contributed by atoms with Crippen LogP contribution in [0.15, 0.2) is 22.2 Å². The third kappa shape index (κ3) is 6.83. The number of pyridine rings is 2. The summed E-state index contributed by atoms with van der Waals surface area (Å²) in [6, 6.07) is 1.67. The molecule has 0 saturated heterocycles. The number of aryl methyl sites for hydroxylation is 1. The van der Waals surface area contributed by atoms with Crippen LogP contribution in [0.5, 0.6) is 5.88 Å². The van der Waals surface area contributed by atoms with Crippen LogP contribution in [-0.2, 0) is 4.74 Å². The van der Waals surface area contributed by atoms with Crippen molar-refractivity contribution >= 4 is 46.2 Å². The Hall–Kier alpha value is -2.96. The van der Waals surface area contributed by atoms with Crippen LogP contribution in [0.2, 0.25) is 5.15 Å². The highest BCUT2D eigenvalue weighted by molar-refractivity contribution is 7.98. The Kier molecular flexibility index (Phi) is 8.75. The first-order valence-corrected chi connectivity index (χ1v) is 12.7. The molecule has 0 aliphatic carbocycles. The minimum absolute atomic E-state index is 0.0895. The number of hydrogen-bond acceptors (Lipinski definition) is 9. The average Bonchev–Trinajstić information content (AvgIpc) is 2.79. The molecule has 10 nitrogen and oxygen atoms in total. The van der Waals surface area contributed by atoms with E-state index in [9.17, 15) is 14.0 Å². The van der Waals surface area contributed by atoms with Gasteiger partial charge in [-0.2, -0.15) is 4.98 Å². The molecule has 0 radical (unpaired) electrons. The second-order valence-electron chi connectivity index (χ2n) is 8.92. The zero-order valence-electron chi connectivity index (χ0n) is 20.8. The first kappa shape index (κ1) is 27.6. The highest BCUT2D eigenvalue weighted by atomic mass is 35.5. The number of nitrogens with zero attached hydrogens (tertiary/aromatic N) is 3. The fourth-order valence-corrected chi connectivity index (χ4v) is 3.81. The first-order valence-electron chi connectivity index (χ1n) is 11.1. The molecule has 3 N–H and O–H groups in total. The number of amides is 1. The number of ether oxygens (including phenoxy) is 2. The van der Waals surface area contributed by atoms with Crippen LogP contribution in [0.25, 0.3) is 10.9 Å². The lowest BCUT2D eigenvalue weighted by molar-refractivity contribution is 0.0635. The Labute approximate surface area is 216 Å². The number of rotatable bonds is 8. The number of hydrogen-bond donors (Lipinski definition) is 3. The van der Waals surface area contributed by atoms with E-state index in [0.717, 1.165) is 22.9 Å². The van der Waals surface area contributed by atoms with Gasteiger partial charge in [-0.25, -0.2) is 19.2 Å². The number of fused-ring (bicyclic) bond motifs is 1. The second-order valence-corrected chi connectivity index (χ2v) is 10.1. The summed E-state index contributed by atoms with van der Waals surface area (Å²) in [5.41, 5.74) is 0.235. The summed E-state index contributed by atoms with van der Waals surface area (Å²) in [6.07, 6.45) is 2.74. The van der Waals surface area contributed by atoms with Gasteiger partial charge in [-0.05, 0) is 52.5 Å². The molecule has 194 valence electrons. The van der Waals surface area contributed by atoms with Crippen molar-refractivity contribution in [3.05, 3.63) is 44.7 Å².